The van der Waals surface area contributed by atoms with E-state index in [1.165, 1.54) is 6.07 Å². The number of aromatic nitrogens is 2. The lowest BCUT2D eigenvalue weighted by Crippen LogP contribution is -2.51. The van der Waals surface area contributed by atoms with Crippen molar-refractivity contribution in [1.29, 1.82) is 0 Å². The van der Waals surface area contributed by atoms with Gasteiger partial charge in [0.05, 0.1) is 17.2 Å². The molecule has 0 radical (unpaired) electrons. The van der Waals surface area contributed by atoms with E-state index in [0.29, 0.717) is 5.69 Å². The Balaban J connectivity index is 1.49. The summed E-state index contributed by atoms with van der Waals surface area (Å²) in [5.74, 6) is -2.27. The number of thioether (sulfide) groups is 1. The van der Waals surface area contributed by atoms with Crippen LogP contribution in [0.3, 0.4) is 0 Å². The number of benzene rings is 1. The molecule has 204 valence electrons. The number of halogens is 4. The Morgan fingerprint density at radius 2 is 1.92 bits per heavy atom. The van der Waals surface area contributed by atoms with Crippen molar-refractivity contribution >= 4 is 34.4 Å². The van der Waals surface area contributed by atoms with E-state index in [0.717, 1.165) is 42.3 Å². The van der Waals surface area contributed by atoms with E-state index in [-0.39, 0.29) is 41.5 Å². The van der Waals surface area contributed by atoms with Gasteiger partial charge in [-0.15, -0.1) is 11.8 Å². The van der Waals surface area contributed by atoms with Crippen molar-refractivity contribution in [3.63, 3.8) is 0 Å². The number of H-pyrrole nitrogens is 1. The quantitative estimate of drug-likeness (QED) is 0.460. The van der Waals surface area contributed by atoms with Crippen molar-refractivity contribution in [1.82, 2.24) is 14.9 Å². The van der Waals surface area contributed by atoms with Crippen LogP contribution in [0.1, 0.15) is 58.7 Å². The second-order valence-corrected chi connectivity index (χ2v) is 11.9. The molecular weight excluding hydrogens is 512 g/mol. The molecule has 2 N–H and O–H groups in total. The molecule has 37 heavy (non-hydrogen) atoms. The third-order valence-corrected chi connectivity index (χ3v) is 8.02. The predicted octanol–water partition coefficient (Wildman–Crippen LogP) is 5.84. The molecule has 2 heterocycles. The van der Waals surface area contributed by atoms with Gasteiger partial charge in [0.1, 0.15) is 22.6 Å². The van der Waals surface area contributed by atoms with Crippen molar-refractivity contribution in [3.8, 4) is 0 Å². The van der Waals surface area contributed by atoms with E-state index in [2.05, 4.69) is 15.3 Å². The van der Waals surface area contributed by atoms with Crippen molar-refractivity contribution < 1.29 is 27.1 Å². The standard InChI is InChI=1S/C25H32F4N4O3S/c1-24(2,3)36-23(35)33-9-8-19(16(12-33)25(27,28)29)37-13-20-31-18-11-15(30-14-6-4-5-7-14)10-17(26)21(18)22(34)32-20/h10-11,14,16,19,30H,4-9,12-13H2,1-3H3,(H,31,32,34). The fourth-order valence-electron chi connectivity index (χ4n) is 4.85. The van der Waals surface area contributed by atoms with Gasteiger partial charge in [-0.2, -0.15) is 13.2 Å². The summed E-state index contributed by atoms with van der Waals surface area (Å²) in [6.07, 6.45) is -1.02. The van der Waals surface area contributed by atoms with E-state index in [1.54, 1.807) is 26.8 Å². The fraction of sp³-hybridized carbons (Fsp3) is 0.640. The third-order valence-electron chi connectivity index (χ3n) is 6.59. The first kappa shape index (κ1) is 27.5. The van der Waals surface area contributed by atoms with Crippen LogP contribution in [-0.2, 0) is 10.5 Å². The van der Waals surface area contributed by atoms with Gasteiger partial charge in [-0.25, -0.2) is 14.2 Å². The number of fused-ring (bicyclic) bond motifs is 1. The van der Waals surface area contributed by atoms with E-state index < -0.39 is 47.0 Å². The van der Waals surface area contributed by atoms with Crippen LogP contribution in [-0.4, -0.2) is 57.1 Å². The number of piperidine rings is 1. The van der Waals surface area contributed by atoms with Crippen LogP contribution < -0.4 is 10.9 Å². The summed E-state index contributed by atoms with van der Waals surface area (Å²) >= 11 is 1.02. The first-order valence-electron chi connectivity index (χ1n) is 12.5. The maximum atomic E-state index is 14.7. The Kier molecular flexibility index (Phi) is 7.96. The fourth-order valence-corrected chi connectivity index (χ4v) is 6.11. The number of aromatic amines is 1. The Morgan fingerprint density at radius 3 is 2.57 bits per heavy atom. The van der Waals surface area contributed by atoms with E-state index in [4.69, 9.17) is 4.74 Å². The molecule has 4 rings (SSSR count). The van der Waals surface area contributed by atoms with E-state index in [1.807, 2.05) is 0 Å². The van der Waals surface area contributed by atoms with Gasteiger partial charge < -0.3 is 19.9 Å². The maximum Gasteiger partial charge on any atom is 0.410 e. The highest BCUT2D eigenvalue weighted by atomic mass is 32.2. The van der Waals surface area contributed by atoms with Gasteiger partial charge in [-0.1, -0.05) is 12.8 Å². The average molecular weight is 545 g/mol. The molecular formula is C25H32F4N4O3S. The lowest BCUT2D eigenvalue weighted by Gasteiger charge is -2.39. The highest BCUT2D eigenvalue weighted by Crippen LogP contribution is 2.40. The number of likely N-dealkylation sites (tertiary alicyclic amines) is 1. The van der Waals surface area contributed by atoms with Crippen LogP contribution in [0.25, 0.3) is 10.9 Å². The van der Waals surface area contributed by atoms with Gasteiger partial charge in [-0.3, -0.25) is 4.79 Å². The molecule has 2 fully saturated rings. The zero-order chi connectivity index (χ0) is 27.0. The van der Waals surface area contributed by atoms with Crippen LogP contribution in [0.15, 0.2) is 16.9 Å². The predicted molar refractivity (Wildman–Crippen MR) is 135 cm³/mol. The normalized spacial score (nSPS) is 21.4. The second kappa shape index (κ2) is 10.7. The number of anilines is 1. The molecule has 2 aliphatic rings. The molecule has 1 saturated carbocycles. The molecule has 12 heteroatoms. The summed E-state index contributed by atoms with van der Waals surface area (Å²) < 4.78 is 61.7. The number of rotatable bonds is 5. The summed E-state index contributed by atoms with van der Waals surface area (Å²) in [4.78, 5) is 32.9. The molecule has 1 saturated heterocycles. The number of nitrogens with zero attached hydrogens (tertiary/aromatic N) is 2. The first-order chi connectivity index (χ1) is 17.3. The summed E-state index contributed by atoms with van der Waals surface area (Å²) in [5.41, 5.74) is -0.791. The highest BCUT2D eigenvalue weighted by Gasteiger charge is 2.49. The minimum absolute atomic E-state index is 0.0107. The smallest absolute Gasteiger partial charge is 0.410 e. The first-order valence-corrected chi connectivity index (χ1v) is 13.5. The molecule has 2 aromatic rings. The lowest BCUT2D eigenvalue weighted by molar-refractivity contribution is -0.183. The molecule has 0 spiro atoms. The number of amides is 1. The van der Waals surface area contributed by atoms with E-state index >= 15 is 0 Å². The van der Waals surface area contributed by atoms with Crippen molar-refractivity contribution in [2.24, 2.45) is 5.92 Å². The van der Waals surface area contributed by atoms with Gasteiger partial charge in [0.2, 0.25) is 0 Å². The summed E-state index contributed by atoms with van der Waals surface area (Å²) in [6, 6.07) is 3.12. The molecule has 2 atom stereocenters. The zero-order valence-electron chi connectivity index (χ0n) is 21.1. The topological polar surface area (TPSA) is 87.3 Å². The second-order valence-electron chi connectivity index (χ2n) is 10.7. The Hall–Kier alpha value is -2.50. The Labute approximate surface area is 216 Å². The van der Waals surface area contributed by atoms with Gasteiger partial charge in [0.15, 0.2) is 0 Å². The highest BCUT2D eigenvalue weighted by molar-refractivity contribution is 7.99. The summed E-state index contributed by atoms with van der Waals surface area (Å²) in [5, 5.41) is 2.26. The number of hydrogen-bond donors (Lipinski definition) is 2. The van der Waals surface area contributed by atoms with Gasteiger partial charge >= 0.3 is 12.3 Å². The summed E-state index contributed by atoms with van der Waals surface area (Å²) in [7, 11) is 0. The van der Waals surface area contributed by atoms with Crippen molar-refractivity contribution in [2.45, 2.75) is 81.7 Å². The monoisotopic (exact) mass is 544 g/mol. The van der Waals surface area contributed by atoms with E-state index in [9.17, 15) is 27.2 Å². The molecule has 2 unspecified atom stereocenters. The minimum Gasteiger partial charge on any atom is -0.444 e. The number of nitrogens with one attached hydrogen (secondary N) is 2. The SMILES string of the molecule is CC(C)(C)OC(=O)N1CCC(SCc2nc3cc(NC4CCCC4)cc(F)c3c(=O)[nH]2)C(C(F)(F)F)C1. The zero-order valence-corrected chi connectivity index (χ0v) is 21.9. The molecule has 1 aliphatic heterocycles. The number of hydrogen-bond acceptors (Lipinski definition) is 6. The molecule has 1 aromatic carbocycles. The minimum atomic E-state index is -4.52. The van der Waals surface area contributed by atoms with Crippen LogP contribution >= 0.6 is 11.8 Å². The molecule has 1 aliphatic carbocycles. The largest absolute Gasteiger partial charge is 0.444 e. The van der Waals surface area contributed by atoms with Gasteiger partial charge in [-0.05, 0) is 52.2 Å². The molecule has 1 aromatic heterocycles. The number of ether oxygens (including phenoxy) is 1. The van der Waals surface area contributed by atoms with Gasteiger partial charge in [0, 0.05) is 30.1 Å². The number of alkyl halides is 3. The van der Waals surface area contributed by atoms with Crippen LogP contribution in [0.2, 0.25) is 0 Å². The lowest BCUT2D eigenvalue weighted by atomic mass is 9.97. The van der Waals surface area contributed by atoms with Crippen LogP contribution in [0.5, 0.6) is 0 Å². The van der Waals surface area contributed by atoms with Crippen molar-refractivity contribution in [3.05, 3.63) is 34.1 Å². The third kappa shape index (κ3) is 6.88. The molecule has 1 amide bonds. The Bertz CT molecular complexity index is 1190. The van der Waals surface area contributed by atoms with Crippen molar-refractivity contribution in [2.75, 3.05) is 18.4 Å². The maximum absolute atomic E-state index is 14.7. The van der Waals surface area contributed by atoms with Crippen LogP contribution in [0, 0.1) is 11.7 Å². The summed E-state index contributed by atoms with van der Waals surface area (Å²) in [6.45, 7) is 4.60. The molecule has 0 bridgehead atoms. The molecule has 7 nitrogen and oxygen atoms in total. The number of carbonyl (C=O) groups is 1. The number of carbonyl (C=O) groups excluding carboxylic acids is 1. The van der Waals surface area contributed by atoms with Gasteiger partial charge in [0.25, 0.3) is 5.56 Å². The van der Waals surface area contributed by atoms with Crippen LogP contribution in [0.4, 0.5) is 28.0 Å². The average Bonchev–Trinajstić information content (AvgIpc) is 3.28. The Morgan fingerprint density at radius 1 is 1.22 bits per heavy atom.